The van der Waals surface area contributed by atoms with Crippen LogP contribution in [0.15, 0.2) is 41.6 Å². The third-order valence-corrected chi connectivity index (χ3v) is 6.28. The number of alkyl halides is 2. The van der Waals surface area contributed by atoms with E-state index >= 15 is 0 Å². The number of benzene rings is 1. The SMILES string of the molecule is COc1nc(NS(=O)(=O)c2c[nH]c3c(-c4cccnn4)c(C)ccc23)nc(OC)c1OCC(F)F. The number of ether oxygens (including phenoxy) is 3. The molecule has 0 radical (unpaired) electrons. The molecule has 3 aromatic heterocycles. The lowest BCUT2D eigenvalue weighted by Gasteiger charge is -2.14. The summed E-state index contributed by atoms with van der Waals surface area (Å²) in [5, 5.41) is 8.43. The molecule has 0 saturated heterocycles. The molecule has 0 bridgehead atoms. The number of sulfonamides is 1. The second kappa shape index (κ2) is 9.66. The average Bonchev–Trinajstić information content (AvgIpc) is 3.27. The molecule has 2 N–H and O–H groups in total. The van der Waals surface area contributed by atoms with E-state index in [9.17, 15) is 17.2 Å². The van der Waals surface area contributed by atoms with E-state index < -0.39 is 29.0 Å². The van der Waals surface area contributed by atoms with Gasteiger partial charge in [0.2, 0.25) is 11.7 Å². The molecule has 1 aromatic carbocycles. The number of aromatic amines is 1. The van der Waals surface area contributed by atoms with Gasteiger partial charge in [0.25, 0.3) is 28.2 Å². The van der Waals surface area contributed by atoms with Crippen molar-refractivity contribution >= 4 is 26.9 Å². The number of aromatic nitrogens is 5. The van der Waals surface area contributed by atoms with Crippen molar-refractivity contribution in [1.82, 2.24) is 25.1 Å². The summed E-state index contributed by atoms with van der Waals surface area (Å²) in [6, 6.07) is 6.94. The summed E-state index contributed by atoms with van der Waals surface area (Å²) in [5.74, 6) is -1.25. The molecule has 35 heavy (non-hydrogen) atoms. The van der Waals surface area contributed by atoms with Crippen molar-refractivity contribution in [3.63, 3.8) is 0 Å². The third kappa shape index (κ3) is 4.77. The van der Waals surface area contributed by atoms with Crippen molar-refractivity contribution < 1.29 is 31.4 Å². The van der Waals surface area contributed by atoms with Gasteiger partial charge < -0.3 is 19.2 Å². The Balaban J connectivity index is 1.74. The molecule has 0 atom stereocenters. The van der Waals surface area contributed by atoms with Gasteiger partial charge in [0, 0.05) is 23.3 Å². The molecule has 0 aliphatic heterocycles. The monoisotopic (exact) mass is 506 g/mol. The van der Waals surface area contributed by atoms with Gasteiger partial charge in [-0.1, -0.05) is 12.1 Å². The van der Waals surface area contributed by atoms with Crippen LogP contribution in [0, 0.1) is 6.92 Å². The van der Waals surface area contributed by atoms with Crippen LogP contribution >= 0.6 is 0 Å². The van der Waals surface area contributed by atoms with E-state index in [4.69, 9.17) is 14.2 Å². The molecule has 0 unspecified atom stereocenters. The number of hydrogen-bond donors (Lipinski definition) is 2. The van der Waals surface area contributed by atoms with Crippen molar-refractivity contribution in [3.05, 3.63) is 42.2 Å². The van der Waals surface area contributed by atoms with Crippen LogP contribution < -0.4 is 18.9 Å². The van der Waals surface area contributed by atoms with Crippen LogP contribution in [-0.4, -0.2) is 60.8 Å². The minimum Gasteiger partial charge on any atom is -0.478 e. The van der Waals surface area contributed by atoms with Crippen LogP contribution in [0.4, 0.5) is 14.7 Å². The van der Waals surface area contributed by atoms with E-state index in [0.717, 1.165) is 5.56 Å². The fraction of sp³-hybridized carbons (Fsp3) is 0.238. The Kier molecular flexibility index (Phi) is 6.64. The molecule has 0 spiro atoms. The summed E-state index contributed by atoms with van der Waals surface area (Å²) < 4.78 is 69.1. The van der Waals surface area contributed by atoms with Gasteiger partial charge in [0.1, 0.15) is 11.5 Å². The maximum atomic E-state index is 13.3. The highest BCUT2D eigenvalue weighted by Gasteiger charge is 2.25. The average molecular weight is 506 g/mol. The zero-order valence-corrected chi connectivity index (χ0v) is 19.6. The van der Waals surface area contributed by atoms with Crippen molar-refractivity contribution in [1.29, 1.82) is 0 Å². The molecule has 0 amide bonds. The number of nitrogens with zero attached hydrogens (tertiary/aromatic N) is 4. The Labute approximate surface area is 198 Å². The Hall–Kier alpha value is -4.07. The van der Waals surface area contributed by atoms with E-state index in [2.05, 4.69) is 29.9 Å². The molecule has 0 saturated carbocycles. The summed E-state index contributed by atoms with van der Waals surface area (Å²) in [5.41, 5.74) is 2.70. The summed E-state index contributed by atoms with van der Waals surface area (Å²) >= 11 is 0. The zero-order valence-electron chi connectivity index (χ0n) is 18.7. The van der Waals surface area contributed by atoms with Gasteiger partial charge in [-0.15, -0.1) is 0 Å². The molecule has 0 fully saturated rings. The third-order valence-electron chi connectivity index (χ3n) is 4.91. The van der Waals surface area contributed by atoms with Gasteiger partial charge in [0.05, 0.1) is 25.4 Å². The maximum absolute atomic E-state index is 13.3. The predicted octanol–water partition coefficient (Wildman–Crippen LogP) is 3.19. The quantitative estimate of drug-likeness (QED) is 0.350. The lowest BCUT2D eigenvalue weighted by molar-refractivity contribution is 0.0781. The lowest BCUT2D eigenvalue weighted by atomic mass is 10.0. The van der Waals surface area contributed by atoms with Gasteiger partial charge in [-0.2, -0.15) is 20.2 Å². The maximum Gasteiger partial charge on any atom is 0.272 e. The number of hydrogen-bond acceptors (Lipinski definition) is 9. The summed E-state index contributed by atoms with van der Waals surface area (Å²) in [4.78, 5) is 10.8. The summed E-state index contributed by atoms with van der Waals surface area (Å²) in [6.07, 6.45) is 0.112. The van der Waals surface area contributed by atoms with E-state index in [1.165, 1.54) is 20.4 Å². The number of rotatable bonds is 9. The van der Waals surface area contributed by atoms with Crippen LogP contribution in [0.5, 0.6) is 17.5 Å². The van der Waals surface area contributed by atoms with Crippen molar-refractivity contribution in [2.45, 2.75) is 18.2 Å². The van der Waals surface area contributed by atoms with Crippen molar-refractivity contribution in [2.24, 2.45) is 0 Å². The minimum absolute atomic E-state index is 0.0720. The first-order chi connectivity index (χ1) is 16.7. The van der Waals surface area contributed by atoms with Crippen LogP contribution in [0.3, 0.4) is 0 Å². The molecule has 4 rings (SSSR count). The van der Waals surface area contributed by atoms with Crippen molar-refractivity contribution in [3.8, 4) is 28.8 Å². The van der Waals surface area contributed by atoms with Gasteiger partial charge in [-0.3, -0.25) is 0 Å². The van der Waals surface area contributed by atoms with Gasteiger partial charge in [-0.25, -0.2) is 21.9 Å². The summed E-state index contributed by atoms with van der Waals surface area (Å²) in [6.45, 7) is 0.921. The molecule has 0 aliphatic carbocycles. The van der Waals surface area contributed by atoms with Crippen LogP contribution in [-0.2, 0) is 10.0 Å². The molecule has 11 nitrogen and oxygen atoms in total. The fourth-order valence-electron chi connectivity index (χ4n) is 3.44. The molecule has 184 valence electrons. The first-order valence-corrected chi connectivity index (χ1v) is 11.6. The second-order valence-corrected chi connectivity index (χ2v) is 8.80. The van der Waals surface area contributed by atoms with Crippen LogP contribution in [0.1, 0.15) is 5.56 Å². The van der Waals surface area contributed by atoms with Crippen LogP contribution in [0.25, 0.3) is 22.2 Å². The van der Waals surface area contributed by atoms with E-state index in [1.807, 2.05) is 6.92 Å². The minimum atomic E-state index is -4.21. The van der Waals surface area contributed by atoms with Gasteiger partial charge >= 0.3 is 0 Å². The van der Waals surface area contributed by atoms with E-state index in [1.54, 1.807) is 30.5 Å². The normalized spacial score (nSPS) is 11.6. The number of H-pyrrole nitrogens is 1. The van der Waals surface area contributed by atoms with E-state index in [0.29, 0.717) is 22.2 Å². The Morgan fingerprint density at radius 1 is 1.11 bits per heavy atom. The smallest absolute Gasteiger partial charge is 0.272 e. The highest BCUT2D eigenvalue weighted by atomic mass is 32.2. The predicted molar refractivity (Wildman–Crippen MR) is 122 cm³/mol. The molecular formula is C21H20F2N6O5S. The zero-order chi connectivity index (χ0) is 25.2. The highest BCUT2D eigenvalue weighted by molar-refractivity contribution is 7.93. The number of methoxy groups -OCH3 is 2. The van der Waals surface area contributed by atoms with Gasteiger partial charge in [0.15, 0.2) is 0 Å². The van der Waals surface area contributed by atoms with Crippen molar-refractivity contribution in [2.75, 3.05) is 25.5 Å². The number of halogens is 2. The Morgan fingerprint density at radius 3 is 2.43 bits per heavy atom. The molecule has 14 heteroatoms. The largest absolute Gasteiger partial charge is 0.478 e. The second-order valence-electron chi connectivity index (χ2n) is 7.14. The standard InChI is InChI=1S/C21H20F2N6O5S/c1-11-6-7-12-14(9-24-17(12)16(11)13-5-4-8-25-28-13)35(30,31)29-21-26-19(32-2)18(20(27-21)33-3)34-10-15(22)23/h4-9,15,24H,10H2,1-3H3,(H,26,27,29). The van der Waals surface area contributed by atoms with Crippen LogP contribution in [0.2, 0.25) is 0 Å². The number of nitrogens with one attached hydrogen (secondary N) is 2. The molecule has 0 aliphatic rings. The first-order valence-electron chi connectivity index (χ1n) is 10.1. The number of anilines is 1. The first kappa shape index (κ1) is 24.1. The Bertz CT molecular complexity index is 1440. The molecule has 4 aromatic rings. The lowest BCUT2D eigenvalue weighted by Crippen LogP contribution is -2.16. The number of fused-ring (bicyclic) bond motifs is 1. The topological polar surface area (TPSA) is 141 Å². The highest BCUT2D eigenvalue weighted by Crippen LogP contribution is 2.37. The van der Waals surface area contributed by atoms with Gasteiger partial charge in [-0.05, 0) is 24.6 Å². The molecular weight excluding hydrogens is 486 g/mol. The Morgan fingerprint density at radius 2 is 1.83 bits per heavy atom. The fourth-order valence-corrected chi connectivity index (χ4v) is 4.56. The summed E-state index contributed by atoms with van der Waals surface area (Å²) in [7, 11) is -1.78. The van der Waals surface area contributed by atoms with E-state index in [-0.39, 0.29) is 22.4 Å². The molecule has 3 heterocycles. The number of aryl methyl sites for hydroxylation is 1.